The van der Waals surface area contributed by atoms with Crippen LogP contribution in [0.15, 0.2) is 40.9 Å². The average molecular weight is 271 g/mol. The number of aromatic nitrogens is 1. The van der Waals surface area contributed by atoms with Gasteiger partial charge in [-0.05, 0) is 11.5 Å². The molecule has 2 rings (SSSR count). The molecule has 1 aromatic carbocycles. The summed E-state index contributed by atoms with van der Waals surface area (Å²) in [4.78, 5) is 14.2. The van der Waals surface area contributed by atoms with Crippen LogP contribution in [0.1, 0.15) is 23.6 Å². The van der Waals surface area contributed by atoms with Gasteiger partial charge in [0.25, 0.3) is 5.89 Å². The van der Waals surface area contributed by atoms with Gasteiger partial charge in [0.1, 0.15) is 12.4 Å². The van der Waals surface area contributed by atoms with E-state index in [-0.39, 0.29) is 6.61 Å². The molecule has 1 N–H and O–H groups in total. The molecular formula is C15H13NO4. The first kappa shape index (κ1) is 13.7. The van der Waals surface area contributed by atoms with Crippen LogP contribution in [0.4, 0.5) is 4.79 Å². The highest BCUT2D eigenvalue weighted by Crippen LogP contribution is 2.10. The molecule has 0 amide bonds. The van der Waals surface area contributed by atoms with Crippen LogP contribution in [0, 0.1) is 11.8 Å². The van der Waals surface area contributed by atoms with Gasteiger partial charge in [-0.2, -0.15) is 0 Å². The molecule has 5 nitrogen and oxygen atoms in total. The molecule has 20 heavy (non-hydrogen) atoms. The van der Waals surface area contributed by atoms with Crippen molar-refractivity contribution in [2.75, 3.05) is 6.61 Å². The minimum Gasteiger partial charge on any atom is -0.450 e. The molecule has 0 aliphatic rings. The summed E-state index contributed by atoms with van der Waals surface area (Å²) in [5, 5.41) is 8.27. The molecule has 5 heteroatoms. The van der Waals surface area contributed by atoms with Crippen molar-refractivity contribution in [2.45, 2.75) is 12.8 Å². The van der Waals surface area contributed by atoms with Crippen molar-refractivity contribution in [3.8, 4) is 11.8 Å². The van der Waals surface area contributed by atoms with Gasteiger partial charge >= 0.3 is 6.16 Å². The van der Waals surface area contributed by atoms with E-state index in [1.54, 1.807) is 6.20 Å². The van der Waals surface area contributed by atoms with Crippen LogP contribution >= 0.6 is 0 Å². The highest BCUT2D eigenvalue weighted by atomic mass is 16.7. The van der Waals surface area contributed by atoms with Crippen LogP contribution in [-0.4, -0.2) is 22.9 Å². The van der Waals surface area contributed by atoms with E-state index in [2.05, 4.69) is 21.6 Å². The van der Waals surface area contributed by atoms with Crippen LogP contribution in [0.25, 0.3) is 0 Å². The van der Waals surface area contributed by atoms with Crippen LogP contribution in [0.5, 0.6) is 0 Å². The predicted molar refractivity (Wildman–Crippen MR) is 71.2 cm³/mol. The highest BCUT2D eigenvalue weighted by Gasteiger charge is 2.02. The summed E-state index contributed by atoms with van der Waals surface area (Å²) < 4.78 is 9.80. The average Bonchev–Trinajstić information content (AvgIpc) is 2.87. The van der Waals surface area contributed by atoms with Gasteiger partial charge in [0.15, 0.2) is 0 Å². The summed E-state index contributed by atoms with van der Waals surface area (Å²) in [6, 6.07) is 9.91. The molecule has 0 aliphatic heterocycles. The third-order valence-electron chi connectivity index (χ3n) is 2.42. The maximum atomic E-state index is 10.1. The van der Waals surface area contributed by atoms with E-state index in [1.165, 1.54) is 0 Å². The van der Waals surface area contributed by atoms with Crippen LogP contribution in [0.3, 0.4) is 0 Å². The Balaban J connectivity index is 1.86. The predicted octanol–water partition coefficient (Wildman–Crippen LogP) is 2.70. The van der Waals surface area contributed by atoms with Crippen molar-refractivity contribution in [2.24, 2.45) is 0 Å². The lowest BCUT2D eigenvalue weighted by Gasteiger charge is -1.95. The number of nitrogens with zero attached hydrogens (tertiary/aromatic N) is 1. The van der Waals surface area contributed by atoms with Crippen molar-refractivity contribution in [3.05, 3.63) is 53.7 Å². The van der Waals surface area contributed by atoms with Gasteiger partial charge in [0.05, 0.1) is 6.20 Å². The van der Waals surface area contributed by atoms with Crippen LogP contribution in [-0.2, 0) is 11.2 Å². The molecule has 0 aliphatic carbocycles. The Hall–Kier alpha value is -2.74. The molecule has 0 fully saturated rings. The van der Waals surface area contributed by atoms with Gasteiger partial charge in [-0.1, -0.05) is 36.3 Å². The van der Waals surface area contributed by atoms with Crippen LogP contribution in [0.2, 0.25) is 0 Å². The van der Waals surface area contributed by atoms with Gasteiger partial charge in [-0.25, -0.2) is 9.78 Å². The smallest absolute Gasteiger partial charge is 0.450 e. The second-order valence-electron chi connectivity index (χ2n) is 3.96. The van der Waals surface area contributed by atoms with E-state index in [0.717, 1.165) is 11.3 Å². The van der Waals surface area contributed by atoms with E-state index in [0.29, 0.717) is 18.7 Å². The Morgan fingerprint density at radius 3 is 2.90 bits per heavy atom. The van der Waals surface area contributed by atoms with Crippen molar-refractivity contribution in [1.29, 1.82) is 0 Å². The van der Waals surface area contributed by atoms with Gasteiger partial charge in [0.2, 0.25) is 0 Å². The van der Waals surface area contributed by atoms with Gasteiger partial charge < -0.3 is 14.3 Å². The molecular weight excluding hydrogens is 258 g/mol. The van der Waals surface area contributed by atoms with Crippen molar-refractivity contribution in [1.82, 2.24) is 4.98 Å². The third-order valence-corrected chi connectivity index (χ3v) is 2.42. The third kappa shape index (κ3) is 4.50. The lowest BCUT2D eigenvalue weighted by molar-refractivity contribution is 0.0937. The Bertz CT molecular complexity index is 622. The van der Waals surface area contributed by atoms with Crippen LogP contribution < -0.4 is 0 Å². The second-order valence-corrected chi connectivity index (χ2v) is 3.96. The van der Waals surface area contributed by atoms with E-state index < -0.39 is 6.16 Å². The summed E-state index contributed by atoms with van der Waals surface area (Å²) >= 11 is 0. The Morgan fingerprint density at radius 1 is 1.35 bits per heavy atom. The molecule has 1 heterocycles. The van der Waals surface area contributed by atoms with Crippen molar-refractivity contribution < 1.29 is 19.1 Å². The Kier molecular flexibility index (Phi) is 4.79. The number of oxazole rings is 1. The molecule has 102 valence electrons. The Morgan fingerprint density at radius 2 is 2.15 bits per heavy atom. The first-order chi connectivity index (χ1) is 9.74. The number of carboxylic acid groups (broad SMARTS) is 1. The van der Waals surface area contributed by atoms with Gasteiger partial charge in [-0.15, -0.1) is 0 Å². The molecule has 0 saturated carbocycles. The second kappa shape index (κ2) is 7.00. The zero-order chi connectivity index (χ0) is 14.2. The normalized spacial score (nSPS) is 9.60. The van der Waals surface area contributed by atoms with E-state index in [9.17, 15) is 4.79 Å². The summed E-state index contributed by atoms with van der Waals surface area (Å²) in [5.41, 5.74) is 1.14. The van der Waals surface area contributed by atoms with E-state index in [1.807, 2.05) is 30.3 Å². The summed E-state index contributed by atoms with van der Waals surface area (Å²) in [5.74, 6) is 6.53. The molecule has 0 radical (unpaired) electrons. The number of ether oxygens (including phenoxy) is 1. The van der Waals surface area contributed by atoms with Gasteiger partial charge in [0, 0.05) is 12.8 Å². The number of benzene rings is 1. The number of hydrogen-bond donors (Lipinski definition) is 1. The first-order valence-corrected chi connectivity index (χ1v) is 6.07. The topological polar surface area (TPSA) is 72.6 Å². The lowest BCUT2D eigenvalue weighted by Crippen LogP contribution is -2.00. The summed E-state index contributed by atoms with van der Waals surface area (Å²) in [6.45, 7) is 0.0416. The minimum atomic E-state index is -1.30. The van der Waals surface area contributed by atoms with E-state index >= 15 is 0 Å². The number of rotatable bonds is 4. The molecule has 1 aromatic heterocycles. The molecule has 0 unspecified atom stereocenters. The summed E-state index contributed by atoms with van der Waals surface area (Å²) in [7, 11) is 0. The molecule has 2 aromatic rings. The standard InChI is InChI=1S/C15H13NO4/c17-15(18)19-9-5-4-8-14-16-11-13(20-14)10-12-6-2-1-3-7-12/h1-3,6-7,11H,5,9-10H2,(H,17,18). The molecule has 0 spiro atoms. The maximum Gasteiger partial charge on any atom is 0.505 e. The lowest BCUT2D eigenvalue weighted by atomic mass is 10.1. The fraction of sp³-hybridized carbons (Fsp3) is 0.200. The number of carbonyl (C=O) groups is 1. The summed E-state index contributed by atoms with van der Waals surface area (Å²) in [6.07, 6.45) is 1.32. The monoisotopic (exact) mass is 271 g/mol. The van der Waals surface area contributed by atoms with E-state index in [4.69, 9.17) is 9.52 Å². The quantitative estimate of drug-likeness (QED) is 0.526. The zero-order valence-corrected chi connectivity index (χ0v) is 10.7. The fourth-order valence-electron chi connectivity index (χ4n) is 1.57. The molecule has 0 saturated heterocycles. The largest absolute Gasteiger partial charge is 0.505 e. The first-order valence-electron chi connectivity index (χ1n) is 6.07. The van der Waals surface area contributed by atoms with Crippen molar-refractivity contribution >= 4 is 6.16 Å². The maximum absolute atomic E-state index is 10.1. The molecule has 0 atom stereocenters. The van der Waals surface area contributed by atoms with Crippen molar-refractivity contribution in [3.63, 3.8) is 0 Å². The minimum absolute atomic E-state index is 0.0416. The number of hydrogen-bond acceptors (Lipinski definition) is 4. The molecule has 0 bridgehead atoms. The Labute approximate surface area is 116 Å². The fourth-order valence-corrected chi connectivity index (χ4v) is 1.57. The highest BCUT2D eigenvalue weighted by molar-refractivity contribution is 5.56. The van der Waals surface area contributed by atoms with Gasteiger partial charge in [-0.3, -0.25) is 0 Å². The zero-order valence-electron chi connectivity index (χ0n) is 10.7. The SMILES string of the molecule is O=C(O)OCCC#Cc1ncc(Cc2ccccc2)o1.